The molecule has 102 valence electrons. The molecule has 0 radical (unpaired) electrons. The van der Waals surface area contributed by atoms with E-state index >= 15 is 0 Å². The van der Waals surface area contributed by atoms with E-state index in [0.717, 1.165) is 12.5 Å². The van der Waals surface area contributed by atoms with Gasteiger partial charge in [0.15, 0.2) is 0 Å². The molecule has 0 aliphatic carbocycles. The first kappa shape index (κ1) is 15.2. The van der Waals surface area contributed by atoms with Crippen LogP contribution in [0.5, 0.6) is 0 Å². The zero-order valence-corrected chi connectivity index (χ0v) is 12.5. The normalized spacial score (nSPS) is 12.9. The number of benzene rings is 1. The van der Waals surface area contributed by atoms with Crippen molar-refractivity contribution in [2.45, 2.75) is 59.4 Å². The summed E-state index contributed by atoms with van der Waals surface area (Å²) in [4.78, 5) is 0. The van der Waals surface area contributed by atoms with Crippen molar-refractivity contribution in [3.63, 3.8) is 0 Å². The van der Waals surface area contributed by atoms with Gasteiger partial charge in [-0.3, -0.25) is 0 Å². The Kier molecular flexibility index (Phi) is 7.04. The summed E-state index contributed by atoms with van der Waals surface area (Å²) < 4.78 is 0. The third-order valence-electron chi connectivity index (χ3n) is 3.50. The maximum Gasteiger partial charge on any atom is 0.0108 e. The summed E-state index contributed by atoms with van der Waals surface area (Å²) in [7, 11) is 0. The molecule has 1 atom stereocenters. The van der Waals surface area contributed by atoms with Crippen LogP contribution in [0.3, 0.4) is 0 Å². The summed E-state index contributed by atoms with van der Waals surface area (Å²) >= 11 is 0. The van der Waals surface area contributed by atoms with Crippen LogP contribution in [0, 0.1) is 12.8 Å². The van der Waals surface area contributed by atoms with Gasteiger partial charge in [0.2, 0.25) is 0 Å². The minimum absolute atomic E-state index is 0.633. The number of hydrogen-bond donors (Lipinski definition) is 1. The monoisotopic (exact) mass is 247 g/mol. The van der Waals surface area contributed by atoms with Crippen LogP contribution in [0.4, 0.5) is 0 Å². The standard InChI is InChI=1S/C17H29N/c1-5-12-18-17(11-10-14(2)3)13-16-9-7-6-8-15(16)4/h6-9,14,17-18H,5,10-13H2,1-4H3. The molecule has 0 spiro atoms. The lowest BCUT2D eigenvalue weighted by atomic mass is 9.95. The number of aryl methyl sites for hydroxylation is 1. The van der Waals surface area contributed by atoms with E-state index in [4.69, 9.17) is 0 Å². The Hall–Kier alpha value is -0.820. The van der Waals surface area contributed by atoms with Gasteiger partial charge in [-0.1, -0.05) is 45.0 Å². The molecule has 0 saturated heterocycles. The molecule has 1 aromatic carbocycles. The minimum atomic E-state index is 0.633. The fourth-order valence-corrected chi connectivity index (χ4v) is 2.26. The van der Waals surface area contributed by atoms with E-state index in [1.54, 1.807) is 0 Å². The van der Waals surface area contributed by atoms with Gasteiger partial charge in [0, 0.05) is 6.04 Å². The Morgan fingerprint density at radius 3 is 2.44 bits per heavy atom. The maximum absolute atomic E-state index is 3.70. The molecule has 0 aliphatic rings. The molecule has 18 heavy (non-hydrogen) atoms. The molecule has 1 nitrogen and oxygen atoms in total. The zero-order chi connectivity index (χ0) is 13.4. The molecular weight excluding hydrogens is 218 g/mol. The molecule has 1 rings (SSSR count). The first-order chi connectivity index (χ1) is 8.63. The molecule has 0 saturated carbocycles. The Bertz CT molecular complexity index is 330. The molecule has 1 unspecified atom stereocenters. The van der Waals surface area contributed by atoms with E-state index in [9.17, 15) is 0 Å². The van der Waals surface area contributed by atoms with E-state index in [1.807, 2.05) is 0 Å². The van der Waals surface area contributed by atoms with Gasteiger partial charge in [-0.2, -0.15) is 0 Å². The highest BCUT2D eigenvalue weighted by molar-refractivity contribution is 5.26. The number of rotatable bonds is 8. The van der Waals surface area contributed by atoms with Crippen molar-refractivity contribution in [3.05, 3.63) is 35.4 Å². The predicted octanol–water partition coefficient (Wildman–Crippen LogP) is 4.34. The summed E-state index contributed by atoms with van der Waals surface area (Å²) in [6.07, 6.45) is 4.98. The summed E-state index contributed by atoms with van der Waals surface area (Å²) in [5, 5.41) is 3.70. The van der Waals surface area contributed by atoms with Gasteiger partial charge in [-0.05, 0) is 56.2 Å². The van der Waals surface area contributed by atoms with Crippen LogP contribution >= 0.6 is 0 Å². The zero-order valence-electron chi connectivity index (χ0n) is 12.5. The van der Waals surface area contributed by atoms with E-state index in [1.165, 1.54) is 36.8 Å². The molecular formula is C17H29N. The van der Waals surface area contributed by atoms with Crippen molar-refractivity contribution in [2.75, 3.05) is 6.54 Å². The lowest BCUT2D eigenvalue weighted by Gasteiger charge is -2.20. The van der Waals surface area contributed by atoms with Gasteiger partial charge in [-0.25, -0.2) is 0 Å². The van der Waals surface area contributed by atoms with E-state index in [0.29, 0.717) is 6.04 Å². The summed E-state index contributed by atoms with van der Waals surface area (Å²) in [6.45, 7) is 10.2. The lowest BCUT2D eigenvalue weighted by molar-refractivity contribution is 0.427. The average Bonchev–Trinajstić information content (AvgIpc) is 2.35. The maximum atomic E-state index is 3.70. The topological polar surface area (TPSA) is 12.0 Å². The van der Waals surface area contributed by atoms with Crippen LogP contribution in [-0.2, 0) is 6.42 Å². The van der Waals surface area contributed by atoms with Crippen molar-refractivity contribution in [1.82, 2.24) is 5.32 Å². The first-order valence-corrected chi connectivity index (χ1v) is 7.41. The Labute approximate surface area is 113 Å². The third kappa shape index (κ3) is 5.68. The summed E-state index contributed by atoms with van der Waals surface area (Å²) in [5.41, 5.74) is 2.92. The minimum Gasteiger partial charge on any atom is -0.314 e. The molecule has 0 bridgehead atoms. The second kappa shape index (κ2) is 8.31. The predicted molar refractivity (Wildman–Crippen MR) is 81.0 cm³/mol. The van der Waals surface area contributed by atoms with Crippen LogP contribution < -0.4 is 5.32 Å². The third-order valence-corrected chi connectivity index (χ3v) is 3.50. The van der Waals surface area contributed by atoms with Crippen molar-refractivity contribution in [3.8, 4) is 0 Å². The molecule has 0 amide bonds. The van der Waals surface area contributed by atoms with Crippen LogP contribution in [0.15, 0.2) is 24.3 Å². The van der Waals surface area contributed by atoms with E-state index < -0.39 is 0 Å². The highest BCUT2D eigenvalue weighted by atomic mass is 14.9. The Morgan fingerprint density at radius 1 is 1.11 bits per heavy atom. The molecule has 1 N–H and O–H groups in total. The van der Waals surface area contributed by atoms with Crippen LogP contribution in [0.2, 0.25) is 0 Å². The van der Waals surface area contributed by atoms with Crippen molar-refractivity contribution >= 4 is 0 Å². The largest absolute Gasteiger partial charge is 0.314 e. The number of hydrogen-bond acceptors (Lipinski definition) is 1. The molecule has 1 aromatic rings. The van der Waals surface area contributed by atoms with Crippen LogP contribution in [0.1, 0.15) is 51.2 Å². The highest BCUT2D eigenvalue weighted by Crippen LogP contribution is 2.14. The smallest absolute Gasteiger partial charge is 0.0108 e. The highest BCUT2D eigenvalue weighted by Gasteiger charge is 2.10. The van der Waals surface area contributed by atoms with Crippen LogP contribution in [0.25, 0.3) is 0 Å². The van der Waals surface area contributed by atoms with Gasteiger partial charge in [-0.15, -0.1) is 0 Å². The van der Waals surface area contributed by atoms with Crippen molar-refractivity contribution in [1.29, 1.82) is 0 Å². The van der Waals surface area contributed by atoms with Crippen molar-refractivity contribution < 1.29 is 0 Å². The average molecular weight is 247 g/mol. The lowest BCUT2D eigenvalue weighted by Crippen LogP contribution is -2.32. The van der Waals surface area contributed by atoms with Crippen molar-refractivity contribution in [2.24, 2.45) is 5.92 Å². The van der Waals surface area contributed by atoms with E-state index in [2.05, 4.69) is 57.3 Å². The fraction of sp³-hybridized carbons (Fsp3) is 0.647. The second-order valence-corrected chi connectivity index (χ2v) is 5.75. The molecule has 0 aromatic heterocycles. The van der Waals surface area contributed by atoms with Gasteiger partial charge in [0.1, 0.15) is 0 Å². The van der Waals surface area contributed by atoms with Gasteiger partial charge in [0.05, 0.1) is 0 Å². The van der Waals surface area contributed by atoms with Gasteiger partial charge in [0.25, 0.3) is 0 Å². The molecule has 0 fully saturated rings. The second-order valence-electron chi connectivity index (χ2n) is 5.75. The molecule has 0 heterocycles. The first-order valence-electron chi connectivity index (χ1n) is 7.41. The summed E-state index contributed by atoms with van der Waals surface area (Å²) in [5.74, 6) is 0.799. The fourth-order valence-electron chi connectivity index (χ4n) is 2.26. The Balaban J connectivity index is 2.56. The van der Waals surface area contributed by atoms with E-state index in [-0.39, 0.29) is 0 Å². The molecule has 1 heteroatoms. The SMILES string of the molecule is CCCNC(CCC(C)C)Cc1ccccc1C. The van der Waals surface area contributed by atoms with Gasteiger partial charge < -0.3 is 5.32 Å². The van der Waals surface area contributed by atoms with Crippen LogP contribution in [-0.4, -0.2) is 12.6 Å². The van der Waals surface area contributed by atoms with Gasteiger partial charge >= 0.3 is 0 Å². The number of nitrogens with one attached hydrogen (secondary N) is 1. The quantitative estimate of drug-likeness (QED) is 0.720. The Morgan fingerprint density at radius 2 is 1.83 bits per heavy atom. The summed E-state index contributed by atoms with van der Waals surface area (Å²) in [6, 6.07) is 9.40. The molecule has 0 aliphatic heterocycles.